The van der Waals surface area contributed by atoms with Crippen molar-refractivity contribution in [3.05, 3.63) is 131 Å². The first kappa shape index (κ1) is 30.4. The van der Waals surface area contributed by atoms with Crippen LogP contribution in [0.4, 0.5) is 0 Å². The van der Waals surface area contributed by atoms with Gasteiger partial charge in [0.2, 0.25) is 4.93 Å². The fourth-order valence-corrected chi connectivity index (χ4v) is 6.10. The molecule has 7 nitrogen and oxygen atoms in total. The first-order valence-corrected chi connectivity index (χ1v) is 15.2. The van der Waals surface area contributed by atoms with Crippen LogP contribution >= 0.6 is 11.8 Å². The third-order valence-corrected chi connectivity index (χ3v) is 8.70. The molecule has 222 valence electrons. The van der Waals surface area contributed by atoms with E-state index in [0.29, 0.717) is 21.8 Å². The number of aromatic carboxylic acids is 1. The van der Waals surface area contributed by atoms with Crippen LogP contribution in [0.1, 0.15) is 39.9 Å². The fourth-order valence-electron chi connectivity index (χ4n) is 5.08. The van der Waals surface area contributed by atoms with E-state index in [1.807, 2.05) is 36.4 Å². The van der Waals surface area contributed by atoms with Gasteiger partial charge in [0.25, 0.3) is 0 Å². The summed E-state index contributed by atoms with van der Waals surface area (Å²) in [5, 5.41) is 21.2. The number of likely N-dealkylation sites (tertiary alicyclic amines) is 1. The zero-order valence-electron chi connectivity index (χ0n) is 23.8. The summed E-state index contributed by atoms with van der Waals surface area (Å²) in [6.45, 7) is 3.13. The molecule has 5 rings (SSSR count). The van der Waals surface area contributed by atoms with Crippen molar-refractivity contribution in [2.24, 2.45) is 5.92 Å². The molecule has 1 saturated heterocycles. The number of hydrogen-bond acceptors (Lipinski definition) is 7. The van der Waals surface area contributed by atoms with E-state index in [2.05, 4.69) is 29.2 Å². The number of carboxylic acids is 1. The highest BCUT2D eigenvalue weighted by Crippen LogP contribution is 2.41. The lowest BCUT2D eigenvalue weighted by atomic mass is 9.97. The van der Waals surface area contributed by atoms with Gasteiger partial charge in [0.1, 0.15) is 12.4 Å². The van der Waals surface area contributed by atoms with Gasteiger partial charge in [-0.3, -0.25) is 4.90 Å². The van der Waals surface area contributed by atoms with E-state index in [4.69, 9.17) is 9.47 Å². The van der Waals surface area contributed by atoms with Crippen molar-refractivity contribution in [3.8, 4) is 5.75 Å². The number of nitrogens with zero attached hydrogens (tertiary/aromatic N) is 1. The standard InChI is InChI=1S/C35H35NO6S/c37-33(38)29-12-7-11-28(21-29)25-41-31-14-8-13-30(22-31)35(40,43-32-15-5-2-6-16-32)34(39)42-24-27-17-19-36(20-18-27)23-26-9-3-1-4-10-26/h1-16,21-22,27,40H,17-20,23-25H2,(H,37,38)/t35-/m1/s1. The summed E-state index contributed by atoms with van der Waals surface area (Å²) in [5.41, 5.74) is 2.48. The Morgan fingerprint density at radius 3 is 2.23 bits per heavy atom. The smallest absolute Gasteiger partial charge is 0.354 e. The van der Waals surface area contributed by atoms with Crippen LogP contribution in [0, 0.1) is 5.92 Å². The summed E-state index contributed by atoms with van der Waals surface area (Å²) in [5.74, 6) is -1.08. The number of hydrogen-bond donors (Lipinski definition) is 2. The molecule has 0 amide bonds. The summed E-state index contributed by atoms with van der Waals surface area (Å²) < 4.78 is 11.7. The average Bonchev–Trinajstić information content (AvgIpc) is 3.04. The van der Waals surface area contributed by atoms with Crippen LogP contribution in [0.15, 0.2) is 114 Å². The number of thioether (sulfide) groups is 1. The van der Waals surface area contributed by atoms with E-state index < -0.39 is 16.9 Å². The van der Waals surface area contributed by atoms with Gasteiger partial charge in [0.15, 0.2) is 0 Å². The lowest BCUT2D eigenvalue weighted by Crippen LogP contribution is -2.38. The van der Waals surface area contributed by atoms with Gasteiger partial charge in [0, 0.05) is 17.0 Å². The first-order chi connectivity index (χ1) is 20.9. The van der Waals surface area contributed by atoms with Crippen molar-refractivity contribution in [1.29, 1.82) is 0 Å². The number of benzene rings is 4. The summed E-state index contributed by atoms with van der Waals surface area (Å²) in [6.07, 6.45) is 1.83. The van der Waals surface area contributed by atoms with Crippen LogP contribution in [-0.2, 0) is 27.6 Å². The van der Waals surface area contributed by atoms with Gasteiger partial charge in [0.05, 0.1) is 12.2 Å². The molecule has 1 aliphatic rings. The summed E-state index contributed by atoms with van der Waals surface area (Å²) in [6, 6.07) is 32.9. The number of piperidine rings is 1. The Labute approximate surface area is 256 Å². The maximum Gasteiger partial charge on any atom is 0.354 e. The Morgan fingerprint density at radius 2 is 1.51 bits per heavy atom. The molecule has 1 fully saturated rings. The Morgan fingerprint density at radius 1 is 0.837 bits per heavy atom. The van der Waals surface area contributed by atoms with Crippen LogP contribution in [-0.4, -0.2) is 46.7 Å². The van der Waals surface area contributed by atoms with Gasteiger partial charge in [-0.05, 0) is 79.4 Å². The number of carbonyl (C=O) groups excluding carboxylic acids is 1. The van der Waals surface area contributed by atoms with Crippen molar-refractivity contribution in [2.75, 3.05) is 19.7 Å². The van der Waals surface area contributed by atoms with E-state index in [0.717, 1.165) is 44.2 Å². The zero-order valence-corrected chi connectivity index (χ0v) is 24.6. The molecule has 4 aromatic rings. The highest BCUT2D eigenvalue weighted by molar-refractivity contribution is 8.00. The second-order valence-corrected chi connectivity index (χ2v) is 12.0. The van der Waals surface area contributed by atoms with Gasteiger partial charge in [-0.25, -0.2) is 9.59 Å². The Hall–Kier alpha value is -4.11. The van der Waals surface area contributed by atoms with Gasteiger partial charge in [-0.2, -0.15) is 0 Å². The van der Waals surface area contributed by atoms with E-state index in [1.165, 1.54) is 11.6 Å². The van der Waals surface area contributed by atoms with Crippen molar-refractivity contribution in [2.45, 2.75) is 35.8 Å². The van der Waals surface area contributed by atoms with Crippen LogP contribution in [0.25, 0.3) is 0 Å². The van der Waals surface area contributed by atoms with E-state index in [1.54, 1.807) is 42.5 Å². The molecular formula is C35H35NO6S. The Kier molecular flexibility index (Phi) is 10.1. The minimum atomic E-state index is -2.00. The number of carboxylic acid groups (broad SMARTS) is 1. The van der Waals surface area contributed by atoms with Crippen LogP contribution in [0.2, 0.25) is 0 Å². The molecule has 2 N–H and O–H groups in total. The van der Waals surface area contributed by atoms with Gasteiger partial charge < -0.3 is 19.7 Å². The Balaban J connectivity index is 1.25. The topological polar surface area (TPSA) is 96.3 Å². The summed E-state index contributed by atoms with van der Waals surface area (Å²) in [4.78, 5) is 26.1. The van der Waals surface area contributed by atoms with E-state index >= 15 is 0 Å². The Bertz CT molecular complexity index is 1510. The number of rotatable bonds is 12. The molecule has 0 unspecified atom stereocenters. The lowest BCUT2D eigenvalue weighted by molar-refractivity contribution is -0.159. The molecular weight excluding hydrogens is 562 g/mol. The molecule has 0 aromatic heterocycles. The number of ether oxygens (including phenoxy) is 2. The highest BCUT2D eigenvalue weighted by atomic mass is 32.2. The quantitative estimate of drug-likeness (QED) is 0.111. The molecule has 1 atom stereocenters. The normalized spacial score (nSPS) is 15.4. The molecule has 0 spiro atoms. The van der Waals surface area contributed by atoms with Crippen LogP contribution < -0.4 is 4.74 Å². The minimum Gasteiger partial charge on any atom is -0.489 e. The molecule has 8 heteroatoms. The highest BCUT2D eigenvalue weighted by Gasteiger charge is 2.42. The van der Waals surface area contributed by atoms with Crippen molar-refractivity contribution in [3.63, 3.8) is 0 Å². The molecule has 1 heterocycles. The van der Waals surface area contributed by atoms with Gasteiger partial charge >= 0.3 is 11.9 Å². The fraction of sp³-hybridized carbons (Fsp3) is 0.257. The predicted molar refractivity (Wildman–Crippen MR) is 166 cm³/mol. The predicted octanol–water partition coefficient (Wildman–Crippen LogP) is 6.36. The SMILES string of the molecule is O=C(O)c1cccc(COc2cccc([C@@](O)(Sc3ccccc3)C(=O)OCC3CCN(Cc4ccccc4)CC3)c2)c1. The summed E-state index contributed by atoms with van der Waals surface area (Å²) >= 11 is 1.02. The maximum absolute atomic E-state index is 13.6. The molecule has 4 aromatic carbocycles. The maximum atomic E-state index is 13.6. The molecule has 1 aliphatic heterocycles. The largest absolute Gasteiger partial charge is 0.489 e. The van der Waals surface area contributed by atoms with E-state index in [9.17, 15) is 19.8 Å². The van der Waals surface area contributed by atoms with Gasteiger partial charge in [-0.15, -0.1) is 0 Å². The molecule has 0 aliphatic carbocycles. The average molecular weight is 598 g/mol. The number of aliphatic hydroxyl groups is 1. The zero-order chi connectivity index (χ0) is 30.1. The van der Waals surface area contributed by atoms with Crippen LogP contribution in [0.5, 0.6) is 5.75 Å². The monoisotopic (exact) mass is 597 g/mol. The van der Waals surface area contributed by atoms with Crippen molar-refractivity contribution in [1.82, 2.24) is 4.90 Å². The third-order valence-electron chi connectivity index (χ3n) is 7.50. The van der Waals surface area contributed by atoms with Crippen molar-refractivity contribution < 1.29 is 29.3 Å². The molecule has 0 bridgehead atoms. The lowest BCUT2D eigenvalue weighted by Gasteiger charge is -2.32. The molecule has 43 heavy (non-hydrogen) atoms. The third kappa shape index (κ3) is 8.26. The van der Waals surface area contributed by atoms with Gasteiger partial charge in [-0.1, -0.05) is 84.6 Å². The minimum absolute atomic E-state index is 0.127. The summed E-state index contributed by atoms with van der Waals surface area (Å²) in [7, 11) is 0. The second-order valence-electron chi connectivity index (χ2n) is 10.7. The second kappa shape index (κ2) is 14.4. The molecule has 0 saturated carbocycles. The number of carbonyl (C=O) groups is 2. The van der Waals surface area contributed by atoms with E-state index in [-0.39, 0.29) is 24.7 Å². The first-order valence-electron chi connectivity index (χ1n) is 14.3. The number of esters is 1. The van der Waals surface area contributed by atoms with Crippen molar-refractivity contribution >= 4 is 23.7 Å². The molecule has 0 radical (unpaired) electrons. The van der Waals surface area contributed by atoms with Crippen LogP contribution in [0.3, 0.4) is 0 Å².